The molecule has 7 heteroatoms. The van der Waals surface area contributed by atoms with Crippen LogP contribution < -0.4 is 4.72 Å². The predicted molar refractivity (Wildman–Crippen MR) is 128 cm³/mol. The average molecular weight is 463 g/mol. The molecule has 0 amide bonds. The van der Waals surface area contributed by atoms with Gasteiger partial charge in [-0.1, -0.05) is 73.2 Å². The maximum atomic E-state index is 13.4. The number of esters is 1. The van der Waals surface area contributed by atoms with Crippen molar-refractivity contribution in [1.82, 2.24) is 4.72 Å². The Morgan fingerprint density at radius 3 is 2.15 bits per heavy atom. The monoisotopic (exact) mass is 462 g/mol. The molecule has 0 spiro atoms. The zero-order valence-electron chi connectivity index (χ0n) is 18.6. The van der Waals surface area contributed by atoms with Crippen LogP contribution in [0.25, 0.3) is 0 Å². The zero-order valence-corrected chi connectivity index (χ0v) is 19.4. The topological polar surface area (TPSA) is 84.8 Å². The van der Waals surface area contributed by atoms with Crippen LogP contribution in [-0.2, 0) is 26.0 Å². The van der Waals surface area contributed by atoms with Crippen LogP contribution in [0.5, 0.6) is 0 Å². The van der Waals surface area contributed by atoms with Crippen LogP contribution in [0.15, 0.2) is 94.8 Å². The van der Waals surface area contributed by atoms with Crippen molar-refractivity contribution in [3.63, 3.8) is 0 Å². The van der Waals surface area contributed by atoms with E-state index in [2.05, 4.69) is 4.72 Å². The highest BCUT2D eigenvalue weighted by Gasteiger charge is 2.52. The van der Waals surface area contributed by atoms with Crippen LogP contribution in [0, 0.1) is 6.92 Å². The molecule has 0 unspecified atom stereocenters. The van der Waals surface area contributed by atoms with Crippen molar-refractivity contribution >= 4 is 21.9 Å². The second-order valence-electron chi connectivity index (χ2n) is 8.15. The molecule has 3 aromatic rings. The van der Waals surface area contributed by atoms with Gasteiger partial charge < -0.3 is 4.74 Å². The molecule has 1 aliphatic rings. The first-order valence-corrected chi connectivity index (χ1v) is 12.3. The molecule has 0 fully saturated rings. The largest absolute Gasteiger partial charge is 0.405 e. The lowest BCUT2D eigenvalue weighted by molar-refractivity contribution is -0.139. The smallest absolute Gasteiger partial charge is 0.342 e. The molecule has 0 bridgehead atoms. The standard InChI is InChI=1S/C26H26N2O4S/c1-3-23(28-33(30,31)22-16-14-19(2)15-17-22)26(18-20-10-6-4-7-11-20)25(29)32-24(27-26)21-12-8-5-9-13-21/h4-17,23,28H,3,18H2,1-2H3/t23-,26+/m1/s1. The van der Waals surface area contributed by atoms with E-state index in [9.17, 15) is 13.2 Å². The highest BCUT2D eigenvalue weighted by Crippen LogP contribution is 2.33. The van der Waals surface area contributed by atoms with E-state index in [1.165, 1.54) is 0 Å². The van der Waals surface area contributed by atoms with Crippen LogP contribution in [0.4, 0.5) is 0 Å². The molecular formula is C26H26N2O4S. The molecule has 1 N–H and O–H groups in total. The van der Waals surface area contributed by atoms with Gasteiger partial charge in [0.2, 0.25) is 15.9 Å². The Morgan fingerprint density at radius 2 is 1.55 bits per heavy atom. The summed E-state index contributed by atoms with van der Waals surface area (Å²) < 4.78 is 34.8. The molecule has 1 heterocycles. The summed E-state index contributed by atoms with van der Waals surface area (Å²) >= 11 is 0. The molecular weight excluding hydrogens is 436 g/mol. The van der Waals surface area contributed by atoms with Gasteiger partial charge in [0.25, 0.3) is 0 Å². The fraction of sp³-hybridized carbons (Fsp3) is 0.231. The van der Waals surface area contributed by atoms with E-state index in [0.29, 0.717) is 12.0 Å². The lowest BCUT2D eigenvalue weighted by Crippen LogP contribution is -2.56. The first kappa shape index (κ1) is 22.9. The Morgan fingerprint density at radius 1 is 0.939 bits per heavy atom. The van der Waals surface area contributed by atoms with Crippen molar-refractivity contribution in [2.45, 2.75) is 43.2 Å². The van der Waals surface area contributed by atoms with E-state index in [0.717, 1.165) is 11.1 Å². The van der Waals surface area contributed by atoms with Gasteiger partial charge in [-0.3, -0.25) is 0 Å². The number of sulfonamides is 1. The minimum Gasteiger partial charge on any atom is -0.405 e. The van der Waals surface area contributed by atoms with Gasteiger partial charge in [0.05, 0.1) is 10.9 Å². The lowest BCUT2D eigenvalue weighted by atomic mass is 9.83. The summed E-state index contributed by atoms with van der Waals surface area (Å²) in [6.07, 6.45) is 0.552. The van der Waals surface area contributed by atoms with Gasteiger partial charge in [0, 0.05) is 12.0 Å². The van der Waals surface area contributed by atoms with E-state index in [-0.39, 0.29) is 17.2 Å². The van der Waals surface area contributed by atoms with Gasteiger partial charge in [-0.2, -0.15) is 0 Å². The van der Waals surface area contributed by atoms with Crippen LogP contribution in [0.1, 0.15) is 30.0 Å². The van der Waals surface area contributed by atoms with Crippen LogP contribution in [0.3, 0.4) is 0 Å². The summed E-state index contributed by atoms with van der Waals surface area (Å²) in [7, 11) is -3.89. The average Bonchev–Trinajstić information content (AvgIpc) is 3.16. The second kappa shape index (κ2) is 9.29. The molecule has 4 rings (SSSR count). The molecule has 6 nitrogen and oxygen atoms in total. The molecule has 170 valence electrons. The number of carbonyl (C=O) groups is 1. The maximum Gasteiger partial charge on any atom is 0.342 e. The fourth-order valence-electron chi connectivity index (χ4n) is 3.98. The van der Waals surface area contributed by atoms with Crippen molar-refractivity contribution in [1.29, 1.82) is 0 Å². The van der Waals surface area contributed by atoms with Crippen molar-refractivity contribution in [2.75, 3.05) is 0 Å². The highest BCUT2D eigenvalue weighted by atomic mass is 32.2. The number of aliphatic imine (C=N–C) groups is 1. The summed E-state index contributed by atoms with van der Waals surface area (Å²) in [5.74, 6) is -0.367. The normalized spacial score (nSPS) is 19.1. The lowest BCUT2D eigenvalue weighted by Gasteiger charge is -2.31. The van der Waals surface area contributed by atoms with Gasteiger partial charge in [0.15, 0.2) is 5.54 Å². The maximum absolute atomic E-state index is 13.4. The SMILES string of the molecule is CC[C@@H](NS(=O)(=O)c1ccc(C)cc1)[C@]1(Cc2ccccc2)N=C(c2ccccc2)OC1=O. The van der Waals surface area contributed by atoms with E-state index in [1.807, 2.05) is 74.5 Å². The minimum atomic E-state index is -3.89. The first-order valence-electron chi connectivity index (χ1n) is 10.8. The molecule has 0 saturated carbocycles. The summed E-state index contributed by atoms with van der Waals surface area (Å²) in [6.45, 7) is 3.72. The molecule has 3 aromatic carbocycles. The summed E-state index contributed by atoms with van der Waals surface area (Å²) in [5.41, 5.74) is 1.05. The third-order valence-corrected chi connectivity index (χ3v) is 7.28. The number of ether oxygens (including phenoxy) is 1. The molecule has 0 radical (unpaired) electrons. The van der Waals surface area contributed by atoms with E-state index in [1.54, 1.807) is 24.3 Å². The van der Waals surface area contributed by atoms with Crippen LogP contribution in [0.2, 0.25) is 0 Å². The summed E-state index contributed by atoms with van der Waals surface area (Å²) in [5, 5.41) is 0. The molecule has 33 heavy (non-hydrogen) atoms. The van der Waals surface area contributed by atoms with Crippen molar-refractivity contribution < 1.29 is 17.9 Å². The molecule has 0 saturated heterocycles. The van der Waals surface area contributed by atoms with Gasteiger partial charge >= 0.3 is 5.97 Å². The van der Waals surface area contributed by atoms with Crippen LogP contribution in [-0.4, -0.2) is 31.9 Å². The van der Waals surface area contributed by atoms with Gasteiger partial charge in [-0.05, 0) is 43.2 Å². The van der Waals surface area contributed by atoms with E-state index < -0.39 is 27.6 Å². The molecule has 0 aromatic heterocycles. The van der Waals surface area contributed by atoms with Gasteiger partial charge in [-0.25, -0.2) is 22.9 Å². The quantitative estimate of drug-likeness (QED) is 0.512. The first-order chi connectivity index (χ1) is 15.8. The third kappa shape index (κ3) is 4.74. The molecule has 2 atom stereocenters. The van der Waals surface area contributed by atoms with Crippen molar-refractivity contribution in [3.8, 4) is 0 Å². The van der Waals surface area contributed by atoms with Crippen molar-refractivity contribution in [2.24, 2.45) is 4.99 Å². The number of cyclic esters (lactones) is 1. The Bertz CT molecular complexity index is 1260. The summed E-state index contributed by atoms with van der Waals surface area (Å²) in [4.78, 5) is 18.3. The summed E-state index contributed by atoms with van der Waals surface area (Å²) in [6, 6.07) is 24.4. The number of nitrogens with zero attached hydrogens (tertiary/aromatic N) is 1. The minimum absolute atomic E-state index is 0.139. The van der Waals surface area contributed by atoms with Crippen LogP contribution >= 0.6 is 0 Å². The highest BCUT2D eigenvalue weighted by molar-refractivity contribution is 7.89. The Labute approximate surface area is 194 Å². The fourth-order valence-corrected chi connectivity index (χ4v) is 5.35. The molecule has 1 aliphatic heterocycles. The van der Waals surface area contributed by atoms with Gasteiger partial charge in [-0.15, -0.1) is 0 Å². The number of nitrogens with one attached hydrogen (secondary N) is 1. The number of hydrogen-bond acceptors (Lipinski definition) is 5. The van der Waals surface area contributed by atoms with Gasteiger partial charge in [0.1, 0.15) is 0 Å². The number of carbonyl (C=O) groups excluding carboxylic acids is 1. The molecule has 0 aliphatic carbocycles. The second-order valence-corrected chi connectivity index (χ2v) is 9.87. The number of aryl methyl sites for hydroxylation is 1. The van der Waals surface area contributed by atoms with E-state index >= 15 is 0 Å². The number of rotatable bonds is 8. The Hall–Kier alpha value is -3.29. The van der Waals surface area contributed by atoms with E-state index in [4.69, 9.17) is 9.73 Å². The Kier molecular flexibility index (Phi) is 6.44. The third-order valence-electron chi connectivity index (χ3n) is 5.79. The predicted octanol–water partition coefficient (Wildman–Crippen LogP) is 4.04. The zero-order chi connectivity index (χ0) is 23.5. The number of benzene rings is 3. The number of hydrogen-bond donors (Lipinski definition) is 1. The Balaban J connectivity index is 1.77. The van der Waals surface area contributed by atoms with Crippen molar-refractivity contribution in [3.05, 3.63) is 102 Å².